The molecule has 1 aliphatic heterocycles. The predicted octanol–water partition coefficient (Wildman–Crippen LogP) is 0.423. The van der Waals surface area contributed by atoms with Crippen LogP contribution in [0.5, 0.6) is 0 Å². The van der Waals surface area contributed by atoms with E-state index in [1.54, 1.807) is 0 Å². The van der Waals surface area contributed by atoms with Crippen LogP contribution < -0.4 is 4.72 Å². The third-order valence-electron chi connectivity index (χ3n) is 3.92. The number of esters is 1. The van der Waals surface area contributed by atoms with Crippen molar-refractivity contribution in [3.05, 3.63) is 28.2 Å². The van der Waals surface area contributed by atoms with Crippen LogP contribution >= 0.6 is 23.2 Å². The summed E-state index contributed by atoms with van der Waals surface area (Å²) in [5, 5.41) is 9.99. The number of rotatable bonds is 7. The summed E-state index contributed by atoms with van der Waals surface area (Å²) in [5.41, 5.74) is 0. The summed E-state index contributed by atoms with van der Waals surface area (Å²) in [5.74, 6) is -1.52. The number of amides is 1. The van der Waals surface area contributed by atoms with Gasteiger partial charge >= 0.3 is 5.97 Å². The first kappa shape index (κ1) is 22.9. The third kappa shape index (κ3) is 6.03. The summed E-state index contributed by atoms with van der Waals surface area (Å²) >= 11 is 11.6. The van der Waals surface area contributed by atoms with Crippen LogP contribution in [0.25, 0.3) is 0 Å². The molecule has 2 atom stereocenters. The minimum Gasteiger partial charge on any atom is -0.454 e. The molecule has 0 aliphatic carbocycles. The van der Waals surface area contributed by atoms with Crippen LogP contribution in [0.4, 0.5) is 0 Å². The van der Waals surface area contributed by atoms with Gasteiger partial charge < -0.3 is 19.5 Å². The van der Waals surface area contributed by atoms with E-state index in [4.69, 9.17) is 32.7 Å². The predicted molar refractivity (Wildman–Crippen MR) is 101 cm³/mol. The van der Waals surface area contributed by atoms with Crippen molar-refractivity contribution >= 4 is 45.1 Å². The van der Waals surface area contributed by atoms with Crippen molar-refractivity contribution in [3.63, 3.8) is 0 Å². The number of aliphatic hydroxyl groups is 1. The van der Waals surface area contributed by atoms with Gasteiger partial charge in [0, 0.05) is 13.1 Å². The Morgan fingerprint density at radius 2 is 1.93 bits per heavy atom. The first-order valence-corrected chi connectivity index (χ1v) is 10.5. The van der Waals surface area contributed by atoms with Gasteiger partial charge in [-0.1, -0.05) is 23.2 Å². The lowest BCUT2D eigenvalue weighted by molar-refractivity contribution is -0.156. The van der Waals surface area contributed by atoms with E-state index in [1.165, 1.54) is 24.0 Å². The van der Waals surface area contributed by atoms with Gasteiger partial charge in [-0.25, -0.2) is 8.42 Å². The van der Waals surface area contributed by atoms with Gasteiger partial charge in [-0.3, -0.25) is 9.59 Å². The molecule has 156 valence electrons. The molecule has 2 N–H and O–H groups in total. The maximum atomic E-state index is 12.5. The van der Waals surface area contributed by atoms with Crippen LogP contribution in [0.2, 0.25) is 10.0 Å². The summed E-state index contributed by atoms with van der Waals surface area (Å²) < 4.78 is 37.0. The Morgan fingerprint density at radius 3 is 2.50 bits per heavy atom. The lowest BCUT2D eigenvalue weighted by atomic mass is 10.2. The fraction of sp³-hybridized carbons (Fsp3) is 0.500. The van der Waals surface area contributed by atoms with Crippen molar-refractivity contribution in [1.82, 2.24) is 9.62 Å². The highest BCUT2D eigenvalue weighted by Crippen LogP contribution is 2.25. The molecule has 2 rings (SSSR count). The topological polar surface area (TPSA) is 122 Å². The maximum Gasteiger partial charge on any atom is 0.327 e. The second-order valence-corrected chi connectivity index (χ2v) is 8.54. The third-order valence-corrected chi connectivity index (χ3v) is 6.10. The Hall–Kier alpha value is -1.43. The average Bonchev–Trinajstić information content (AvgIpc) is 2.66. The van der Waals surface area contributed by atoms with Crippen molar-refractivity contribution in [3.8, 4) is 0 Å². The Labute approximate surface area is 172 Å². The van der Waals surface area contributed by atoms with Crippen LogP contribution in [-0.2, 0) is 29.1 Å². The number of halogens is 2. The van der Waals surface area contributed by atoms with Gasteiger partial charge in [0.05, 0.1) is 34.3 Å². The van der Waals surface area contributed by atoms with Crippen molar-refractivity contribution in [2.24, 2.45) is 0 Å². The Kier molecular flexibility index (Phi) is 8.05. The molecule has 0 unspecified atom stereocenters. The molecule has 1 aromatic carbocycles. The monoisotopic (exact) mass is 454 g/mol. The summed E-state index contributed by atoms with van der Waals surface area (Å²) in [6.45, 7) is 2.17. The molecule has 1 aromatic rings. The summed E-state index contributed by atoms with van der Waals surface area (Å²) in [6.07, 6.45) is -1.41. The molecular formula is C16H20Cl2N2O7S. The van der Waals surface area contributed by atoms with E-state index in [-0.39, 0.29) is 14.9 Å². The highest BCUT2D eigenvalue weighted by Gasteiger charge is 2.32. The van der Waals surface area contributed by atoms with Crippen LogP contribution in [0, 0.1) is 0 Å². The van der Waals surface area contributed by atoms with Gasteiger partial charge in [0.1, 0.15) is 6.04 Å². The Morgan fingerprint density at radius 1 is 1.29 bits per heavy atom. The molecule has 0 bridgehead atoms. The van der Waals surface area contributed by atoms with Gasteiger partial charge in [-0.15, -0.1) is 0 Å². The fourth-order valence-corrected chi connectivity index (χ4v) is 4.00. The van der Waals surface area contributed by atoms with Gasteiger partial charge in [0.25, 0.3) is 5.91 Å². The molecular weight excluding hydrogens is 435 g/mol. The van der Waals surface area contributed by atoms with Gasteiger partial charge in [0.2, 0.25) is 10.0 Å². The number of aliphatic hydroxyl groups excluding tert-OH is 1. The second-order valence-electron chi connectivity index (χ2n) is 6.02. The van der Waals surface area contributed by atoms with Gasteiger partial charge in [-0.05, 0) is 25.1 Å². The summed E-state index contributed by atoms with van der Waals surface area (Å²) in [6, 6.07) is 1.98. The molecule has 1 amide bonds. The zero-order valence-corrected chi connectivity index (χ0v) is 17.3. The van der Waals surface area contributed by atoms with E-state index in [0.717, 1.165) is 6.07 Å². The minimum absolute atomic E-state index is 0.0109. The number of carbonyl (C=O) groups excluding carboxylic acids is 2. The normalized spacial score (nSPS) is 17.1. The minimum atomic E-state index is -4.21. The van der Waals surface area contributed by atoms with Crippen molar-refractivity contribution in [2.75, 3.05) is 32.9 Å². The number of sulfonamides is 1. The molecule has 1 heterocycles. The van der Waals surface area contributed by atoms with E-state index in [9.17, 15) is 23.1 Å². The first-order chi connectivity index (χ1) is 13.1. The molecule has 0 saturated carbocycles. The SMILES string of the molecule is C[C@@H](O)[C@@H](NS(=O)(=O)c1ccc(Cl)c(Cl)c1)C(=O)OCC(=O)N1CCOCC1. The van der Waals surface area contributed by atoms with E-state index in [1.807, 2.05) is 0 Å². The fourth-order valence-electron chi connectivity index (χ4n) is 2.35. The zero-order chi connectivity index (χ0) is 20.9. The lowest BCUT2D eigenvalue weighted by Gasteiger charge is -2.27. The molecule has 1 saturated heterocycles. The number of nitrogens with zero attached hydrogens (tertiary/aromatic N) is 1. The van der Waals surface area contributed by atoms with Crippen molar-refractivity contribution in [2.45, 2.75) is 24.0 Å². The molecule has 0 radical (unpaired) electrons. The van der Waals surface area contributed by atoms with Gasteiger partial charge in [-0.2, -0.15) is 4.72 Å². The molecule has 1 aliphatic rings. The molecule has 12 heteroatoms. The molecule has 0 spiro atoms. The maximum absolute atomic E-state index is 12.5. The number of benzene rings is 1. The lowest BCUT2D eigenvalue weighted by Crippen LogP contribution is -2.49. The standard InChI is InChI=1S/C16H20Cl2N2O7S/c1-10(21)15(16(23)27-9-14(22)20-4-6-26-7-5-20)19-28(24,25)11-2-3-12(17)13(18)8-11/h2-3,8,10,15,19,21H,4-7,9H2,1H3/t10-,15-/m1/s1. The quantitative estimate of drug-likeness (QED) is 0.572. The van der Waals surface area contributed by atoms with Gasteiger partial charge in [0.15, 0.2) is 6.61 Å². The Bertz CT molecular complexity index is 826. The van der Waals surface area contributed by atoms with Crippen LogP contribution in [0.3, 0.4) is 0 Å². The highest BCUT2D eigenvalue weighted by molar-refractivity contribution is 7.89. The van der Waals surface area contributed by atoms with Crippen LogP contribution in [-0.4, -0.2) is 75.4 Å². The average molecular weight is 455 g/mol. The summed E-state index contributed by atoms with van der Waals surface area (Å²) in [4.78, 5) is 25.5. The molecule has 28 heavy (non-hydrogen) atoms. The highest BCUT2D eigenvalue weighted by atomic mass is 35.5. The van der Waals surface area contributed by atoms with Crippen LogP contribution in [0.15, 0.2) is 23.1 Å². The number of nitrogens with one attached hydrogen (secondary N) is 1. The first-order valence-electron chi connectivity index (χ1n) is 8.29. The van der Waals surface area contributed by atoms with Crippen molar-refractivity contribution < 1.29 is 32.6 Å². The number of hydrogen-bond donors (Lipinski definition) is 2. The smallest absolute Gasteiger partial charge is 0.327 e. The Balaban J connectivity index is 2.03. The molecule has 1 fully saturated rings. The zero-order valence-electron chi connectivity index (χ0n) is 14.9. The molecule has 0 aromatic heterocycles. The summed E-state index contributed by atoms with van der Waals surface area (Å²) in [7, 11) is -4.21. The number of ether oxygens (including phenoxy) is 2. The number of hydrogen-bond acceptors (Lipinski definition) is 7. The number of carbonyl (C=O) groups is 2. The van der Waals surface area contributed by atoms with Crippen LogP contribution in [0.1, 0.15) is 6.92 Å². The van der Waals surface area contributed by atoms with E-state index in [0.29, 0.717) is 26.3 Å². The van der Waals surface area contributed by atoms with E-state index in [2.05, 4.69) is 4.72 Å². The van der Waals surface area contributed by atoms with E-state index < -0.39 is 40.7 Å². The number of morpholine rings is 1. The second kappa shape index (κ2) is 9.86. The van der Waals surface area contributed by atoms with E-state index >= 15 is 0 Å². The molecule has 9 nitrogen and oxygen atoms in total. The van der Waals surface area contributed by atoms with Crippen molar-refractivity contribution in [1.29, 1.82) is 0 Å². The largest absolute Gasteiger partial charge is 0.454 e.